The van der Waals surface area contributed by atoms with E-state index in [9.17, 15) is 9.59 Å². The number of methoxy groups -OCH3 is 1. The van der Waals surface area contributed by atoms with Crippen molar-refractivity contribution in [2.24, 2.45) is 0 Å². The molecule has 0 bridgehead atoms. The first-order chi connectivity index (χ1) is 14.1. The molecule has 0 radical (unpaired) electrons. The van der Waals surface area contributed by atoms with Crippen LogP contribution in [0.3, 0.4) is 0 Å². The average Bonchev–Trinajstić information content (AvgIpc) is 2.73. The fraction of sp³-hybridized carbons (Fsp3) is 0.0435. The number of benzene rings is 3. The number of nitrogens with one attached hydrogen (secondary N) is 1. The summed E-state index contributed by atoms with van der Waals surface area (Å²) in [7, 11) is 1.51. The third kappa shape index (κ3) is 3.73. The van der Waals surface area contributed by atoms with Crippen molar-refractivity contribution in [3.05, 3.63) is 93.8 Å². The lowest BCUT2D eigenvalue weighted by Crippen LogP contribution is -2.13. The Morgan fingerprint density at radius 2 is 1.72 bits per heavy atom. The zero-order valence-electron chi connectivity index (χ0n) is 15.4. The fourth-order valence-electron chi connectivity index (χ4n) is 3.09. The van der Waals surface area contributed by atoms with Gasteiger partial charge in [0.15, 0.2) is 0 Å². The normalized spacial score (nSPS) is 10.7. The SMILES string of the molecule is COc1ccccc1C(=O)Nc1ccc(-c2cc3ccccc3oc2=O)c(Cl)c1. The van der Waals surface area contributed by atoms with E-state index in [1.807, 2.05) is 12.1 Å². The molecular formula is C23H16ClNO4. The molecule has 0 fully saturated rings. The fourth-order valence-corrected chi connectivity index (χ4v) is 3.37. The largest absolute Gasteiger partial charge is 0.496 e. The van der Waals surface area contributed by atoms with Crippen molar-refractivity contribution in [3.63, 3.8) is 0 Å². The molecule has 0 aliphatic rings. The molecule has 0 unspecified atom stereocenters. The number of hydrogen-bond donors (Lipinski definition) is 1. The van der Waals surface area contributed by atoms with Gasteiger partial charge in [0.2, 0.25) is 0 Å². The number of carbonyl (C=O) groups is 1. The van der Waals surface area contributed by atoms with E-state index in [0.29, 0.717) is 38.7 Å². The molecule has 0 atom stereocenters. The van der Waals surface area contributed by atoms with Gasteiger partial charge >= 0.3 is 5.63 Å². The molecule has 0 saturated carbocycles. The van der Waals surface area contributed by atoms with Crippen LogP contribution in [0.5, 0.6) is 5.75 Å². The van der Waals surface area contributed by atoms with Crippen LogP contribution in [0, 0.1) is 0 Å². The number of anilines is 1. The molecule has 0 spiro atoms. The second-order valence-electron chi connectivity index (χ2n) is 6.33. The molecule has 5 nitrogen and oxygen atoms in total. The van der Waals surface area contributed by atoms with Gasteiger partial charge in [0, 0.05) is 16.6 Å². The summed E-state index contributed by atoms with van der Waals surface area (Å²) in [5, 5.41) is 3.91. The molecule has 1 N–H and O–H groups in total. The van der Waals surface area contributed by atoms with Crippen molar-refractivity contribution >= 4 is 34.2 Å². The van der Waals surface area contributed by atoms with Gasteiger partial charge in [-0.3, -0.25) is 4.79 Å². The molecule has 0 aliphatic heterocycles. The van der Waals surface area contributed by atoms with E-state index < -0.39 is 5.63 Å². The zero-order chi connectivity index (χ0) is 20.4. The number of hydrogen-bond acceptors (Lipinski definition) is 4. The number of ether oxygens (including phenoxy) is 1. The molecule has 1 heterocycles. The molecule has 29 heavy (non-hydrogen) atoms. The summed E-state index contributed by atoms with van der Waals surface area (Å²) >= 11 is 6.42. The minimum absolute atomic E-state index is 0.323. The summed E-state index contributed by atoms with van der Waals surface area (Å²) in [6.45, 7) is 0. The summed E-state index contributed by atoms with van der Waals surface area (Å²) < 4.78 is 10.6. The first-order valence-corrected chi connectivity index (χ1v) is 9.22. The Labute approximate surface area is 171 Å². The van der Waals surface area contributed by atoms with Crippen molar-refractivity contribution < 1.29 is 13.9 Å². The monoisotopic (exact) mass is 405 g/mol. The highest BCUT2D eigenvalue weighted by atomic mass is 35.5. The smallest absolute Gasteiger partial charge is 0.344 e. The van der Waals surface area contributed by atoms with Gasteiger partial charge in [-0.05, 0) is 36.4 Å². The first-order valence-electron chi connectivity index (χ1n) is 8.84. The van der Waals surface area contributed by atoms with Gasteiger partial charge in [-0.25, -0.2) is 4.79 Å². The third-order valence-electron chi connectivity index (χ3n) is 4.51. The molecular weight excluding hydrogens is 390 g/mol. The number of amides is 1. The van der Waals surface area contributed by atoms with Crippen molar-refractivity contribution in [1.29, 1.82) is 0 Å². The van der Waals surface area contributed by atoms with Gasteiger partial charge in [-0.15, -0.1) is 0 Å². The molecule has 4 rings (SSSR count). The summed E-state index contributed by atoms with van der Waals surface area (Å²) in [6.07, 6.45) is 0. The summed E-state index contributed by atoms with van der Waals surface area (Å²) in [5.74, 6) is 0.151. The van der Waals surface area contributed by atoms with Crippen molar-refractivity contribution in [3.8, 4) is 16.9 Å². The Morgan fingerprint density at radius 1 is 0.966 bits per heavy atom. The van der Waals surface area contributed by atoms with Crippen LogP contribution >= 0.6 is 11.6 Å². The molecule has 3 aromatic carbocycles. The minimum Gasteiger partial charge on any atom is -0.496 e. The molecule has 4 aromatic rings. The van der Waals surface area contributed by atoms with E-state index >= 15 is 0 Å². The van der Waals surface area contributed by atoms with Crippen molar-refractivity contribution in [1.82, 2.24) is 0 Å². The lowest BCUT2D eigenvalue weighted by molar-refractivity contribution is 0.102. The van der Waals surface area contributed by atoms with Crippen LogP contribution in [0.4, 0.5) is 5.69 Å². The Bertz CT molecular complexity index is 1280. The predicted octanol–water partition coefficient (Wildman–Crippen LogP) is 5.37. The highest BCUT2D eigenvalue weighted by molar-refractivity contribution is 6.33. The molecule has 1 aromatic heterocycles. The number of para-hydroxylation sites is 2. The van der Waals surface area contributed by atoms with Crippen LogP contribution in [-0.2, 0) is 0 Å². The topological polar surface area (TPSA) is 68.5 Å². The number of rotatable bonds is 4. The van der Waals surface area contributed by atoms with Gasteiger partial charge in [-0.2, -0.15) is 0 Å². The summed E-state index contributed by atoms with van der Waals surface area (Å²) in [5.41, 5.74) is 1.83. The second kappa shape index (κ2) is 7.81. The van der Waals surface area contributed by atoms with Crippen LogP contribution in [0.15, 0.2) is 82.0 Å². The zero-order valence-corrected chi connectivity index (χ0v) is 16.2. The third-order valence-corrected chi connectivity index (χ3v) is 4.82. The summed E-state index contributed by atoms with van der Waals surface area (Å²) in [6, 6.07) is 20.9. The second-order valence-corrected chi connectivity index (χ2v) is 6.74. The maximum absolute atomic E-state index is 12.6. The minimum atomic E-state index is -0.476. The molecule has 0 saturated heterocycles. The molecule has 1 amide bonds. The van der Waals surface area contributed by atoms with Gasteiger partial charge in [0.05, 0.1) is 23.3 Å². The Balaban J connectivity index is 1.66. The van der Waals surface area contributed by atoms with E-state index in [4.69, 9.17) is 20.8 Å². The van der Waals surface area contributed by atoms with Crippen LogP contribution < -0.4 is 15.7 Å². The number of fused-ring (bicyclic) bond motifs is 1. The lowest BCUT2D eigenvalue weighted by atomic mass is 10.1. The summed E-state index contributed by atoms with van der Waals surface area (Å²) in [4.78, 5) is 25.0. The van der Waals surface area contributed by atoms with E-state index in [-0.39, 0.29) is 5.91 Å². The average molecular weight is 406 g/mol. The van der Waals surface area contributed by atoms with E-state index in [1.54, 1.807) is 60.7 Å². The standard InChI is InChI=1S/C23H16ClNO4/c1-28-21-9-5-3-7-17(21)22(26)25-15-10-11-16(19(24)13-15)18-12-14-6-2-4-8-20(14)29-23(18)27/h2-13H,1H3,(H,25,26). The first kappa shape index (κ1) is 18.8. The Hall–Kier alpha value is -3.57. The van der Waals surface area contributed by atoms with Gasteiger partial charge in [-0.1, -0.05) is 48.0 Å². The van der Waals surface area contributed by atoms with E-state index in [0.717, 1.165) is 5.39 Å². The van der Waals surface area contributed by atoms with Gasteiger partial charge in [0.1, 0.15) is 11.3 Å². The molecule has 144 valence electrons. The number of carbonyl (C=O) groups excluding carboxylic acids is 1. The van der Waals surface area contributed by atoms with Crippen LogP contribution in [0.25, 0.3) is 22.1 Å². The van der Waals surface area contributed by atoms with Gasteiger partial charge in [0.25, 0.3) is 5.91 Å². The number of halogens is 1. The lowest BCUT2D eigenvalue weighted by Gasteiger charge is -2.11. The quantitative estimate of drug-likeness (QED) is 0.463. The highest BCUT2D eigenvalue weighted by Crippen LogP contribution is 2.30. The maximum Gasteiger partial charge on any atom is 0.344 e. The van der Waals surface area contributed by atoms with Gasteiger partial charge < -0.3 is 14.5 Å². The van der Waals surface area contributed by atoms with E-state index in [1.165, 1.54) is 7.11 Å². The van der Waals surface area contributed by atoms with Crippen LogP contribution in [0.1, 0.15) is 10.4 Å². The maximum atomic E-state index is 12.6. The Morgan fingerprint density at radius 3 is 2.52 bits per heavy atom. The van der Waals surface area contributed by atoms with Crippen molar-refractivity contribution in [2.45, 2.75) is 0 Å². The van der Waals surface area contributed by atoms with Crippen LogP contribution in [0.2, 0.25) is 5.02 Å². The van der Waals surface area contributed by atoms with Crippen LogP contribution in [-0.4, -0.2) is 13.0 Å². The molecule has 0 aliphatic carbocycles. The Kier molecular flexibility index (Phi) is 5.06. The van der Waals surface area contributed by atoms with Crippen molar-refractivity contribution in [2.75, 3.05) is 12.4 Å². The van der Waals surface area contributed by atoms with E-state index in [2.05, 4.69) is 5.32 Å². The predicted molar refractivity (Wildman–Crippen MR) is 114 cm³/mol. The highest BCUT2D eigenvalue weighted by Gasteiger charge is 2.15. The molecule has 6 heteroatoms.